The van der Waals surface area contributed by atoms with Gasteiger partial charge < -0.3 is 11.1 Å². The highest BCUT2D eigenvalue weighted by Crippen LogP contribution is 2.14. The van der Waals surface area contributed by atoms with Crippen molar-refractivity contribution in [1.29, 1.82) is 0 Å². The monoisotopic (exact) mass is 258 g/mol. The van der Waals surface area contributed by atoms with Gasteiger partial charge in [0.1, 0.15) is 0 Å². The third kappa shape index (κ3) is 4.22. The number of amides is 1. The molecule has 5 heteroatoms. The molecule has 0 saturated carbocycles. The van der Waals surface area contributed by atoms with Crippen LogP contribution >= 0.6 is 0 Å². The topological polar surface area (TPSA) is 83.8 Å². The summed E-state index contributed by atoms with van der Waals surface area (Å²) in [5, 5.41) is 9.44. The van der Waals surface area contributed by atoms with Crippen molar-refractivity contribution in [2.75, 3.05) is 0 Å². The molecule has 0 bridgehead atoms. The molecule has 1 heterocycles. The fourth-order valence-corrected chi connectivity index (χ4v) is 1.82. The number of carbonyl (C=O) groups excluding carboxylic acids is 1. The van der Waals surface area contributed by atoms with Crippen molar-refractivity contribution in [3.63, 3.8) is 0 Å². The van der Waals surface area contributed by atoms with E-state index in [2.05, 4.69) is 15.5 Å². The van der Waals surface area contributed by atoms with Crippen LogP contribution in [0, 0.1) is 0 Å². The van der Waals surface area contributed by atoms with E-state index in [0.29, 0.717) is 19.4 Å². The third-order valence-electron chi connectivity index (χ3n) is 2.94. The van der Waals surface area contributed by atoms with Crippen molar-refractivity contribution in [3.8, 4) is 0 Å². The van der Waals surface area contributed by atoms with E-state index < -0.39 is 0 Å². The molecule has 1 atom stereocenters. The lowest BCUT2D eigenvalue weighted by atomic mass is 10.0. The molecule has 0 aliphatic carbocycles. The van der Waals surface area contributed by atoms with E-state index in [1.54, 1.807) is 6.20 Å². The van der Waals surface area contributed by atoms with Gasteiger partial charge in [0.25, 0.3) is 0 Å². The first-order valence-electron chi connectivity index (χ1n) is 6.31. The van der Waals surface area contributed by atoms with E-state index in [4.69, 9.17) is 5.73 Å². The maximum absolute atomic E-state index is 11.7. The molecular formula is C14H18N4O. The summed E-state index contributed by atoms with van der Waals surface area (Å²) < 4.78 is 0. The van der Waals surface area contributed by atoms with Crippen LogP contribution in [0.4, 0.5) is 0 Å². The Hall–Kier alpha value is -2.14. The quantitative estimate of drug-likeness (QED) is 0.734. The summed E-state index contributed by atoms with van der Waals surface area (Å²) in [6.07, 6.45) is 2.72. The second-order valence-corrected chi connectivity index (χ2v) is 4.41. The fourth-order valence-electron chi connectivity index (χ4n) is 1.82. The zero-order valence-corrected chi connectivity index (χ0v) is 10.7. The molecule has 5 nitrogen and oxygen atoms in total. The number of nitrogens with one attached hydrogen (secondary N) is 2. The summed E-state index contributed by atoms with van der Waals surface area (Å²) in [5.74, 6) is 0.000908. The van der Waals surface area contributed by atoms with E-state index in [9.17, 15) is 4.79 Å². The Balaban J connectivity index is 1.71. The van der Waals surface area contributed by atoms with Gasteiger partial charge in [0.15, 0.2) is 0 Å². The number of nitrogens with two attached hydrogens (primary N) is 1. The summed E-state index contributed by atoms with van der Waals surface area (Å²) in [6.45, 7) is 0.472. The number of aromatic amines is 1. The molecule has 1 aromatic carbocycles. The summed E-state index contributed by atoms with van der Waals surface area (Å²) >= 11 is 0. The van der Waals surface area contributed by atoms with Crippen molar-refractivity contribution >= 4 is 5.91 Å². The Kier molecular flexibility index (Phi) is 4.69. The van der Waals surface area contributed by atoms with Crippen molar-refractivity contribution in [2.45, 2.75) is 25.4 Å². The Morgan fingerprint density at radius 3 is 2.79 bits per heavy atom. The predicted molar refractivity (Wildman–Crippen MR) is 73.0 cm³/mol. The lowest BCUT2D eigenvalue weighted by molar-refractivity contribution is -0.121. The lowest BCUT2D eigenvalue weighted by Gasteiger charge is -2.11. The molecule has 0 radical (unpaired) electrons. The van der Waals surface area contributed by atoms with Crippen LogP contribution in [0.5, 0.6) is 0 Å². The maximum Gasteiger partial charge on any atom is 0.220 e. The first-order chi connectivity index (χ1) is 9.25. The molecule has 2 aromatic rings. The van der Waals surface area contributed by atoms with Crippen LogP contribution < -0.4 is 11.1 Å². The Morgan fingerprint density at radius 1 is 1.32 bits per heavy atom. The van der Waals surface area contributed by atoms with Crippen LogP contribution in [0.25, 0.3) is 0 Å². The molecule has 19 heavy (non-hydrogen) atoms. The molecule has 1 amide bonds. The van der Waals surface area contributed by atoms with Crippen molar-refractivity contribution in [3.05, 3.63) is 53.9 Å². The van der Waals surface area contributed by atoms with Gasteiger partial charge in [0.2, 0.25) is 5.91 Å². The SMILES string of the molecule is NC(CCC(=O)NCc1ccn[nH]1)c1ccccc1. The van der Waals surface area contributed by atoms with E-state index in [-0.39, 0.29) is 11.9 Å². The van der Waals surface area contributed by atoms with Gasteiger partial charge in [-0.2, -0.15) is 5.10 Å². The van der Waals surface area contributed by atoms with E-state index in [0.717, 1.165) is 11.3 Å². The number of benzene rings is 1. The Labute approximate surface area is 112 Å². The van der Waals surface area contributed by atoms with Gasteiger partial charge in [0, 0.05) is 18.7 Å². The van der Waals surface area contributed by atoms with Gasteiger partial charge >= 0.3 is 0 Å². The van der Waals surface area contributed by atoms with Crippen LogP contribution in [0.2, 0.25) is 0 Å². The van der Waals surface area contributed by atoms with Crippen molar-refractivity contribution < 1.29 is 4.79 Å². The highest BCUT2D eigenvalue weighted by atomic mass is 16.1. The minimum atomic E-state index is -0.0981. The standard InChI is InChI=1S/C14H18N4O/c15-13(11-4-2-1-3-5-11)6-7-14(19)16-10-12-8-9-17-18-12/h1-5,8-9,13H,6-7,10,15H2,(H,16,19)(H,17,18). The minimum absolute atomic E-state index is 0.000908. The van der Waals surface area contributed by atoms with E-state index >= 15 is 0 Å². The van der Waals surface area contributed by atoms with Gasteiger partial charge in [-0.15, -0.1) is 0 Å². The van der Waals surface area contributed by atoms with Crippen LogP contribution in [-0.2, 0) is 11.3 Å². The number of carbonyl (C=O) groups is 1. The number of nitrogens with zero attached hydrogens (tertiary/aromatic N) is 1. The first-order valence-corrected chi connectivity index (χ1v) is 6.31. The molecule has 2 rings (SSSR count). The van der Waals surface area contributed by atoms with Crippen molar-refractivity contribution in [1.82, 2.24) is 15.5 Å². The number of rotatable bonds is 6. The number of H-pyrrole nitrogens is 1. The number of hydrogen-bond donors (Lipinski definition) is 3. The highest BCUT2D eigenvalue weighted by molar-refractivity contribution is 5.75. The predicted octanol–water partition coefficient (Wildman–Crippen LogP) is 1.51. The molecule has 1 unspecified atom stereocenters. The third-order valence-corrected chi connectivity index (χ3v) is 2.94. The summed E-state index contributed by atoms with van der Waals surface area (Å²) in [5.41, 5.74) is 7.99. The molecule has 0 spiro atoms. The highest BCUT2D eigenvalue weighted by Gasteiger charge is 2.08. The van der Waals surface area contributed by atoms with Crippen LogP contribution in [-0.4, -0.2) is 16.1 Å². The second kappa shape index (κ2) is 6.70. The normalized spacial score (nSPS) is 12.1. The maximum atomic E-state index is 11.7. The van der Waals surface area contributed by atoms with Gasteiger partial charge in [-0.3, -0.25) is 9.89 Å². The van der Waals surface area contributed by atoms with E-state index in [1.807, 2.05) is 36.4 Å². The molecule has 100 valence electrons. The smallest absolute Gasteiger partial charge is 0.220 e. The molecule has 0 fully saturated rings. The largest absolute Gasteiger partial charge is 0.350 e. The number of aromatic nitrogens is 2. The Morgan fingerprint density at radius 2 is 2.11 bits per heavy atom. The average Bonchev–Trinajstić information content (AvgIpc) is 2.96. The molecule has 1 aromatic heterocycles. The van der Waals surface area contributed by atoms with Gasteiger partial charge in [-0.25, -0.2) is 0 Å². The minimum Gasteiger partial charge on any atom is -0.350 e. The summed E-state index contributed by atoms with van der Waals surface area (Å²) in [4.78, 5) is 11.7. The van der Waals surface area contributed by atoms with Gasteiger partial charge in [0.05, 0.1) is 12.2 Å². The second-order valence-electron chi connectivity index (χ2n) is 4.41. The van der Waals surface area contributed by atoms with E-state index in [1.165, 1.54) is 0 Å². The summed E-state index contributed by atoms with van der Waals surface area (Å²) in [6, 6.07) is 11.5. The van der Waals surface area contributed by atoms with Gasteiger partial charge in [-0.05, 0) is 18.1 Å². The van der Waals surface area contributed by atoms with Crippen LogP contribution in [0.1, 0.15) is 30.1 Å². The lowest BCUT2D eigenvalue weighted by Crippen LogP contribution is -2.24. The molecule has 4 N–H and O–H groups in total. The molecule has 0 aliphatic heterocycles. The molecule has 0 saturated heterocycles. The van der Waals surface area contributed by atoms with Gasteiger partial charge in [-0.1, -0.05) is 30.3 Å². The average molecular weight is 258 g/mol. The molecule has 0 aliphatic rings. The van der Waals surface area contributed by atoms with Crippen molar-refractivity contribution in [2.24, 2.45) is 5.73 Å². The fraction of sp³-hybridized carbons (Fsp3) is 0.286. The van der Waals surface area contributed by atoms with Crippen LogP contribution in [0.3, 0.4) is 0 Å². The zero-order valence-electron chi connectivity index (χ0n) is 10.7. The zero-order chi connectivity index (χ0) is 13.5. The number of hydrogen-bond acceptors (Lipinski definition) is 3. The first kappa shape index (κ1) is 13.3. The summed E-state index contributed by atoms with van der Waals surface area (Å²) in [7, 11) is 0. The van der Waals surface area contributed by atoms with Crippen LogP contribution in [0.15, 0.2) is 42.6 Å². The molecular weight excluding hydrogens is 240 g/mol. The Bertz CT molecular complexity index is 495.